The number of rotatable bonds is 4. The zero-order valence-electron chi connectivity index (χ0n) is 11.2. The van der Waals surface area contributed by atoms with Crippen LogP contribution in [0.4, 0.5) is 4.39 Å². The highest BCUT2D eigenvalue weighted by Crippen LogP contribution is 2.26. The summed E-state index contributed by atoms with van der Waals surface area (Å²) in [4.78, 5) is 11.2. The minimum Gasteiger partial charge on any atom is -0.487 e. The Labute approximate surface area is 126 Å². The van der Waals surface area contributed by atoms with Crippen molar-refractivity contribution >= 4 is 17.4 Å². The normalized spacial score (nSPS) is 10.0. The molecule has 0 bridgehead atoms. The number of Topliss-reactive ketones (excluding diaryl/α,β-unsaturated/α-hetero) is 1. The molecule has 2 rings (SSSR count). The van der Waals surface area contributed by atoms with Gasteiger partial charge in [0, 0.05) is 5.56 Å². The first kappa shape index (κ1) is 15.0. The number of halogens is 2. The third-order valence-corrected chi connectivity index (χ3v) is 3.11. The highest BCUT2D eigenvalue weighted by molar-refractivity contribution is 6.32. The first-order valence-corrected chi connectivity index (χ1v) is 6.50. The third-order valence-electron chi connectivity index (χ3n) is 2.82. The lowest BCUT2D eigenvalue weighted by Crippen LogP contribution is -1.99. The zero-order chi connectivity index (χ0) is 15.4. The van der Waals surface area contributed by atoms with Crippen LogP contribution >= 0.6 is 11.6 Å². The number of benzene rings is 2. The van der Waals surface area contributed by atoms with Crippen molar-refractivity contribution in [3.05, 3.63) is 63.9 Å². The van der Waals surface area contributed by atoms with Crippen molar-refractivity contribution in [1.29, 1.82) is 5.26 Å². The van der Waals surface area contributed by atoms with Crippen molar-refractivity contribution in [2.45, 2.75) is 13.5 Å². The van der Waals surface area contributed by atoms with E-state index in [-0.39, 0.29) is 18.0 Å². The summed E-state index contributed by atoms with van der Waals surface area (Å²) >= 11 is 6.03. The van der Waals surface area contributed by atoms with Crippen LogP contribution in [0.25, 0.3) is 0 Å². The number of nitriles is 1. The lowest BCUT2D eigenvalue weighted by atomic mass is 10.1. The summed E-state index contributed by atoms with van der Waals surface area (Å²) in [5.41, 5.74) is 1.25. The van der Waals surface area contributed by atoms with Crippen molar-refractivity contribution in [2.75, 3.05) is 0 Å². The Morgan fingerprint density at radius 1 is 1.33 bits per heavy atom. The first-order valence-electron chi connectivity index (χ1n) is 6.12. The molecule has 0 atom stereocenters. The van der Waals surface area contributed by atoms with Gasteiger partial charge in [0.2, 0.25) is 0 Å². The number of carbonyl (C=O) groups excluding carboxylic acids is 1. The van der Waals surface area contributed by atoms with Gasteiger partial charge in [-0.1, -0.05) is 11.6 Å². The Hall–Kier alpha value is -2.38. The van der Waals surface area contributed by atoms with Crippen LogP contribution in [0.2, 0.25) is 5.02 Å². The molecule has 21 heavy (non-hydrogen) atoms. The lowest BCUT2D eigenvalue weighted by molar-refractivity contribution is 0.101. The molecule has 0 saturated heterocycles. The largest absolute Gasteiger partial charge is 0.487 e. The second-order valence-corrected chi connectivity index (χ2v) is 4.86. The average molecular weight is 304 g/mol. The molecule has 2 aromatic rings. The Morgan fingerprint density at radius 3 is 2.71 bits per heavy atom. The summed E-state index contributed by atoms with van der Waals surface area (Å²) in [7, 11) is 0. The molecular formula is C16H11ClFNO2. The molecule has 0 fully saturated rings. The molecular weight excluding hydrogens is 293 g/mol. The van der Waals surface area contributed by atoms with E-state index in [1.165, 1.54) is 19.1 Å². The molecule has 0 aliphatic heterocycles. The Balaban J connectivity index is 2.15. The summed E-state index contributed by atoms with van der Waals surface area (Å²) in [5, 5.41) is 9.09. The molecule has 5 heteroatoms. The topological polar surface area (TPSA) is 50.1 Å². The van der Waals surface area contributed by atoms with Gasteiger partial charge in [0.1, 0.15) is 18.2 Å². The van der Waals surface area contributed by atoms with E-state index < -0.39 is 5.82 Å². The van der Waals surface area contributed by atoms with Crippen LogP contribution in [0.5, 0.6) is 5.75 Å². The Morgan fingerprint density at radius 2 is 2.10 bits per heavy atom. The van der Waals surface area contributed by atoms with Crippen molar-refractivity contribution in [1.82, 2.24) is 0 Å². The van der Waals surface area contributed by atoms with E-state index >= 15 is 0 Å². The molecule has 0 aliphatic carbocycles. The van der Waals surface area contributed by atoms with Crippen molar-refractivity contribution in [2.24, 2.45) is 0 Å². The third kappa shape index (κ3) is 3.80. The number of hydrogen-bond acceptors (Lipinski definition) is 3. The van der Waals surface area contributed by atoms with Gasteiger partial charge in [-0.15, -0.1) is 0 Å². The average Bonchev–Trinajstić information content (AvgIpc) is 2.45. The van der Waals surface area contributed by atoms with E-state index in [1.54, 1.807) is 18.2 Å². The van der Waals surface area contributed by atoms with E-state index in [0.29, 0.717) is 21.9 Å². The van der Waals surface area contributed by atoms with Crippen LogP contribution in [0.15, 0.2) is 36.4 Å². The summed E-state index contributed by atoms with van der Waals surface area (Å²) in [6.45, 7) is 1.52. The predicted octanol–water partition coefficient (Wildman–Crippen LogP) is 4.13. The van der Waals surface area contributed by atoms with Crippen LogP contribution in [-0.4, -0.2) is 5.78 Å². The zero-order valence-corrected chi connectivity index (χ0v) is 11.9. The molecule has 0 radical (unpaired) electrons. The number of hydrogen-bond donors (Lipinski definition) is 0. The Bertz CT molecular complexity index is 738. The van der Waals surface area contributed by atoms with Crippen molar-refractivity contribution in [3.8, 4) is 11.8 Å². The molecule has 0 aliphatic rings. The molecule has 0 amide bonds. The second-order valence-electron chi connectivity index (χ2n) is 4.45. The molecule has 0 saturated carbocycles. The number of carbonyl (C=O) groups is 1. The van der Waals surface area contributed by atoms with Crippen molar-refractivity contribution in [3.63, 3.8) is 0 Å². The highest BCUT2D eigenvalue weighted by atomic mass is 35.5. The van der Waals surface area contributed by atoms with Gasteiger partial charge in [0.05, 0.1) is 16.7 Å². The van der Waals surface area contributed by atoms with E-state index in [4.69, 9.17) is 21.6 Å². The SMILES string of the molecule is CC(=O)c1ccc(OCc2cc(F)cc(C#N)c2)c(Cl)c1. The standard InChI is InChI=1S/C16H11ClFNO2/c1-10(20)13-2-3-16(15(17)7-13)21-9-12-4-11(8-19)5-14(18)6-12/h2-7H,9H2,1H3. The van der Waals surface area contributed by atoms with Gasteiger partial charge in [0.25, 0.3) is 0 Å². The number of ketones is 1. The van der Waals surface area contributed by atoms with E-state index in [0.717, 1.165) is 6.07 Å². The molecule has 0 spiro atoms. The molecule has 2 aromatic carbocycles. The van der Waals surface area contributed by atoms with Crippen LogP contribution < -0.4 is 4.74 Å². The minimum absolute atomic E-state index is 0.0750. The predicted molar refractivity (Wildman–Crippen MR) is 76.9 cm³/mol. The maximum absolute atomic E-state index is 13.3. The van der Waals surface area contributed by atoms with Gasteiger partial charge in [-0.3, -0.25) is 4.79 Å². The molecule has 0 N–H and O–H groups in total. The van der Waals surface area contributed by atoms with E-state index in [9.17, 15) is 9.18 Å². The molecule has 0 heterocycles. The lowest BCUT2D eigenvalue weighted by Gasteiger charge is -2.09. The summed E-state index contributed by atoms with van der Waals surface area (Å²) in [6, 6.07) is 10.6. The van der Waals surface area contributed by atoms with Crippen LogP contribution in [0.1, 0.15) is 28.4 Å². The van der Waals surface area contributed by atoms with Gasteiger partial charge in [-0.25, -0.2) is 4.39 Å². The van der Waals surface area contributed by atoms with Gasteiger partial charge in [-0.05, 0) is 48.9 Å². The van der Waals surface area contributed by atoms with Crippen molar-refractivity contribution < 1.29 is 13.9 Å². The fourth-order valence-corrected chi connectivity index (χ4v) is 2.03. The second kappa shape index (κ2) is 6.38. The number of ether oxygens (including phenoxy) is 1. The Kier molecular flexibility index (Phi) is 4.56. The van der Waals surface area contributed by atoms with Crippen LogP contribution in [-0.2, 0) is 6.61 Å². The molecule has 0 aromatic heterocycles. The first-order chi connectivity index (χ1) is 9.99. The smallest absolute Gasteiger partial charge is 0.159 e. The highest BCUT2D eigenvalue weighted by Gasteiger charge is 2.07. The maximum atomic E-state index is 13.3. The monoisotopic (exact) mass is 303 g/mol. The summed E-state index contributed by atoms with van der Waals surface area (Å²) < 4.78 is 18.8. The van der Waals surface area contributed by atoms with Gasteiger partial charge < -0.3 is 4.74 Å². The van der Waals surface area contributed by atoms with E-state index in [1.807, 2.05) is 6.07 Å². The molecule has 0 unspecified atom stereocenters. The molecule has 106 valence electrons. The fourth-order valence-electron chi connectivity index (χ4n) is 1.80. The number of nitrogens with zero attached hydrogens (tertiary/aromatic N) is 1. The van der Waals surface area contributed by atoms with Gasteiger partial charge in [0.15, 0.2) is 5.78 Å². The maximum Gasteiger partial charge on any atom is 0.159 e. The summed E-state index contributed by atoms with van der Waals surface area (Å²) in [6.07, 6.45) is 0. The molecule has 3 nitrogen and oxygen atoms in total. The van der Waals surface area contributed by atoms with Crippen LogP contribution in [0, 0.1) is 17.1 Å². The van der Waals surface area contributed by atoms with Gasteiger partial charge >= 0.3 is 0 Å². The fraction of sp³-hybridized carbons (Fsp3) is 0.125. The summed E-state index contributed by atoms with van der Waals surface area (Å²) in [5.74, 6) is -0.192. The van der Waals surface area contributed by atoms with E-state index in [2.05, 4.69) is 0 Å². The van der Waals surface area contributed by atoms with Gasteiger partial charge in [-0.2, -0.15) is 5.26 Å². The minimum atomic E-state index is -0.495. The van der Waals surface area contributed by atoms with Crippen LogP contribution in [0.3, 0.4) is 0 Å². The quantitative estimate of drug-likeness (QED) is 0.798.